The van der Waals surface area contributed by atoms with Crippen LogP contribution in [0.15, 0.2) is 22.7 Å². The summed E-state index contributed by atoms with van der Waals surface area (Å²) < 4.78 is 53.6. The van der Waals surface area contributed by atoms with Crippen LogP contribution in [0.2, 0.25) is 0 Å². The van der Waals surface area contributed by atoms with E-state index in [2.05, 4.69) is 10.1 Å². The minimum Gasteiger partial charge on any atom is -0.483 e. The van der Waals surface area contributed by atoms with Crippen molar-refractivity contribution in [2.75, 3.05) is 32.8 Å². The highest BCUT2D eigenvalue weighted by atomic mass is 19.4. The van der Waals surface area contributed by atoms with Gasteiger partial charge in [-0.2, -0.15) is 13.2 Å². The van der Waals surface area contributed by atoms with Gasteiger partial charge in [-0.25, -0.2) is 0 Å². The van der Waals surface area contributed by atoms with E-state index in [0.29, 0.717) is 13.2 Å². The lowest BCUT2D eigenvalue weighted by Gasteiger charge is -2.28. The fourth-order valence-corrected chi connectivity index (χ4v) is 3.69. The van der Waals surface area contributed by atoms with Gasteiger partial charge in [-0.1, -0.05) is 6.07 Å². The minimum absolute atomic E-state index is 0.00835. The maximum Gasteiger partial charge on any atom is 0.422 e. The molecule has 1 N–H and O–H groups in total. The number of fused-ring (bicyclic) bond motifs is 1. The molecule has 1 aliphatic heterocycles. The molecule has 7 nitrogen and oxygen atoms in total. The molecule has 1 saturated heterocycles. The first-order valence-electron chi connectivity index (χ1n) is 10.2. The Kier molecular flexibility index (Phi) is 6.98. The lowest BCUT2D eigenvalue weighted by Crippen LogP contribution is -2.39. The molecule has 31 heavy (non-hydrogen) atoms. The number of hydrogen-bond donors (Lipinski definition) is 1. The number of ether oxygens (including phenoxy) is 2. The van der Waals surface area contributed by atoms with Crippen molar-refractivity contribution in [3.05, 3.63) is 18.2 Å². The van der Waals surface area contributed by atoms with E-state index in [4.69, 9.17) is 14.0 Å². The first kappa shape index (κ1) is 23.2. The summed E-state index contributed by atoms with van der Waals surface area (Å²) in [4.78, 5) is 13.5. The first-order chi connectivity index (χ1) is 14.5. The van der Waals surface area contributed by atoms with Gasteiger partial charge in [-0.3, -0.25) is 4.79 Å². The van der Waals surface area contributed by atoms with Crippen molar-refractivity contribution in [3.63, 3.8) is 0 Å². The third-order valence-corrected chi connectivity index (χ3v) is 5.41. The Morgan fingerprint density at radius 3 is 2.74 bits per heavy atom. The van der Waals surface area contributed by atoms with Crippen LogP contribution < -0.4 is 9.47 Å². The third kappa shape index (κ3) is 6.25. The highest BCUT2D eigenvalue weighted by molar-refractivity contribution is 5.88. The summed E-state index contributed by atoms with van der Waals surface area (Å²) in [6, 6.07) is 4.54. The van der Waals surface area contributed by atoms with Gasteiger partial charge >= 0.3 is 12.1 Å². The molecular weight excluding hydrogens is 417 g/mol. The van der Waals surface area contributed by atoms with Crippen LogP contribution in [0, 0.1) is 11.3 Å². The molecule has 1 unspecified atom stereocenters. The number of aromatic nitrogens is 1. The molecule has 1 fully saturated rings. The van der Waals surface area contributed by atoms with Crippen molar-refractivity contribution in [3.8, 4) is 11.6 Å². The Labute approximate surface area is 178 Å². The third-order valence-electron chi connectivity index (χ3n) is 5.41. The van der Waals surface area contributed by atoms with Crippen LogP contribution in [0.4, 0.5) is 13.2 Å². The normalized spacial score (nSPS) is 18.7. The molecule has 1 aromatic heterocycles. The molecule has 0 radical (unpaired) electrons. The Balaban J connectivity index is 1.61. The van der Waals surface area contributed by atoms with Crippen molar-refractivity contribution in [2.45, 2.75) is 39.3 Å². The van der Waals surface area contributed by atoms with Crippen LogP contribution in [-0.4, -0.2) is 60.2 Å². The zero-order valence-corrected chi connectivity index (χ0v) is 17.6. The van der Waals surface area contributed by atoms with E-state index in [-0.39, 0.29) is 28.5 Å². The van der Waals surface area contributed by atoms with Crippen molar-refractivity contribution < 1.29 is 37.1 Å². The van der Waals surface area contributed by atoms with E-state index in [0.717, 1.165) is 32.4 Å². The molecule has 2 heterocycles. The van der Waals surface area contributed by atoms with Crippen molar-refractivity contribution >= 4 is 16.9 Å². The standard InChI is InChI=1S/C21H27F3N2O5/c1-20(2,19(27)28)12-26-9-4-5-14(8-10-26)11-29-18-17-15(30-13-21(22,23)24)6-3-7-16(17)31-25-18/h3,6-7,14H,4-5,8-13H2,1-2H3,(H,27,28). The first-order valence-corrected chi connectivity index (χ1v) is 10.2. The molecule has 3 rings (SSSR count). The number of likely N-dealkylation sites (tertiary alicyclic amines) is 1. The highest BCUT2D eigenvalue weighted by Crippen LogP contribution is 2.35. The topological polar surface area (TPSA) is 85.0 Å². The summed E-state index contributed by atoms with van der Waals surface area (Å²) in [7, 11) is 0. The average molecular weight is 444 g/mol. The van der Waals surface area contributed by atoms with E-state index in [1.165, 1.54) is 12.1 Å². The van der Waals surface area contributed by atoms with E-state index in [1.807, 2.05) is 0 Å². The van der Waals surface area contributed by atoms with E-state index in [1.54, 1.807) is 19.9 Å². The zero-order valence-electron chi connectivity index (χ0n) is 17.6. The van der Waals surface area contributed by atoms with Gasteiger partial charge in [0.25, 0.3) is 5.88 Å². The van der Waals surface area contributed by atoms with Gasteiger partial charge < -0.3 is 24.0 Å². The minimum atomic E-state index is -4.46. The molecule has 0 amide bonds. The summed E-state index contributed by atoms with van der Waals surface area (Å²) in [5.74, 6) is -0.485. The predicted octanol–water partition coefficient (Wildman–Crippen LogP) is 4.36. The summed E-state index contributed by atoms with van der Waals surface area (Å²) in [6.45, 7) is 4.40. The molecule has 1 aliphatic rings. The monoisotopic (exact) mass is 444 g/mol. The van der Waals surface area contributed by atoms with Gasteiger partial charge in [-0.15, -0.1) is 0 Å². The van der Waals surface area contributed by atoms with Crippen LogP contribution in [0.25, 0.3) is 11.0 Å². The summed E-state index contributed by atoms with van der Waals surface area (Å²) in [5.41, 5.74) is -0.527. The zero-order chi connectivity index (χ0) is 22.6. The van der Waals surface area contributed by atoms with E-state index >= 15 is 0 Å². The van der Waals surface area contributed by atoms with Crippen LogP contribution in [0.5, 0.6) is 11.6 Å². The largest absolute Gasteiger partial charge is 0.483 e. The molecule has 0 spiro atoms. The molecular formula is C21H27F3N2O5. The lowest BCUT2D eigenvalue weighted by molar-refractivity contribution is -0.153. The Hall–Kier alpha value is -2.49. The maximum atomic E-state index is 12.5. The number of aliphatic carboxylic acids is 1. The van der Waals surface area contributed by atoms with E-state index < -0.39 is 24.2 Å². The van der Waals surface area contributed by atoms with Crippen LogP contribution >= 0.6 is 0 Å². The molecule has 10 heteroatoms. The van der Waals surface area contributed by atoms with Crippen LogP contribution in [-0.2, 0) is 4.79 Å². The van der Waals surface area contributed by atoms with Gasteiger partial charge in [0.2, 0.25) is 0 Å². The Bertz CT molecular complexity index is 897. The highest BCUT2D eigenvalue weighted by Gasteiger charge is 2.31. The number of carboxylic acids is 1. The molecule has 172 valence electrons. The molecule has 2 aromatic rings. The number of nitrogens with zero attached hydrogens (tertiary/aromatic N) is 2. The Morgan fingerprint density at radius 2 is 2.03 bits per heavy atom. The van der Waals surface area contributed by atoms with Gasteiger partial charge in [0.05, 0.1) is 12.0 Å². The maximum absolute atomic E-state index is 12.5. The Morgan fingerprint density at radius 1 is 1.26 bits per heavy atom. The molecule has 0 saturated carbocycles. The summed E-state index contributed by atoms with van der Waals surface area (Å²) in [5, 5.41) is 13.5. The second-order valence-corrected chi connectivity index (χ2v) is 8.59. The van der Waals surface area contributed by atoms with E-state index in [9.17, 15) is 23.1 Å². The smallest absolute Gasteiger partial charge is 0.422 e. The number of carboxylic acid groups (broad SMARTS) is 1. The number of benzene rings is 1. The predicted molar refractivity (Wildman–Crippen MR) is 106 cm³/mol. The molecule has 0 aliphatic carbocycles. The summed E-state index contributed by atoms with van der Waals surface area (Å²) in [6.07, 6.45) is -1.83. The van der Waals surface area contributed by atoms with Gasteiger partial charge in [-0.05, 0) is 69.4 Å². The fourth-order valence-electron chi connectivity index (χ4n) is 3.69. The number of halogens is 3. The number of rotatable bonds is 8. The summed E-state index contributed by atoms with van der Waals surface area (Å²) >= 11 is 0. The van der Waals surface area contributed by atoms with Gasteiger partial charge in [0, 0.05) is 6.54 Å². The lowest BCUT2D eigenvalue weighted by atomic mass is 9.93. The molecule has 1 aromatic carbocycles. The second kappa shape index (κ2) is 9.33. The van der Waals surface area contributed by atoms with Crippen LogP contribution in [0.3, 0.4) is 0 Å². The van der Waals surface area contributed by atoms with Gasteiger partial charge in [0.1, 0.15) is 11.1 Å². The number of carbonyl (C=O) groups is 1. The van der Waals surface area contributed by atoms with Crippen molar-refractivity contribution in [2.24, 2.45) is 11.3 Å². The van der Waals surface area contributed by atoms with Crippen molar-refractivity contribution in [1.29, 1.82) is 0 Å². The molecule has 0 bridgehead atoms. The van der Waals surface area contributed by atoms with Crippen molar-refractivity contribution in [1.82, 2.24) is 10.1 Å². The number of hydrogen-bond acceptors (Lipinski definition) is 6. The second-order valence-electron chi connectivity index (χ2n) is 8.59. The van der Waals surface area contributed by atoms with Crippen LogP contribution in [0.1, 0.15) is 33.1 Å². The average Bonchev–Trinajstić information content (AvgIpc) is 2.98. The quantitative estimate of drug-likeness (QED) is 0.648. The van der Waals surface area contributed by atoms with Gasteiger partial charge in [0.15, 0.2) is 12.2 Å². The fraction of sp³-hybridized carbons (Fsp3) is 0.619. The SMILES string of the molecule is CC(C)(CN1CCCC(COc2noc3cccc(OCC(F)(F)F)c23)CC1)C(=O)O. The molecule has 1 atom stereocenters. The number of alkyl halides is 3.